The topological polar surface area (TPSA) is 59.6 Å². The molecule has 2 aliphatic heterocycles. The Morgan fingerprint density at radius 2 is 2.00 bits per heavy atom. The molecule has 25 heavy (non-hydrogen) atoms. The van der Waals surface area contributed by atoms with Crippen molar-refractivity contribution >= 4 is 0 Å². The normalized spacial score (nSPS) is 25.7. The lowest BCUT2D eigenvalue weighted by Crippen LogP contribution is -2.47. The first kappa shape index (κ1) is 16.8. The zero-order chi connectivity index (χ0) is 17.2. The summed E-state index contributed by atoms with van der Waals surface area (Å²) in [6, 6.07) is 4.11. The van der Waals surface area contributed by atoms with Crippen LogP contribution in [0, 0.1) is 12.8 Å². The summed E-state index contributed by atoms with van der Waals surface area (Å²) < 4.78 is 13.1. The van der Waals surface area contributed by atoms with Crippen LogP contribution in [0.2, 0.25) is 0 Å². The van der Waals surface area contributed by atoms with Gasteiger partial charge < -0.3 is 14.2 Å². The molecule has 0 radical (unpaired) electrons. The van der Waals surface area contributed by atoms with Gasteiger partial charge in [-0.3, -0.25) is 9.58 Å². The predicted molar refractivity (Wildman–Crippen MR) is 93.0 cm³/mol. The number of hydrogen-bond acceptors (Lipinski definition) is 6. The highest BCUT2D eigenvalue weighted by Crippen LogP contribution is 2.34. The molecule has 136 valence electrons. The van der Waals surface area contributed by atoms with Gasteiger partial charge in [-0.15, -0.1) is 0 Å². The lowest BCUT2D eigenvalue weighted by atomic mass is 9.98. The first-order chi connectivity index (χ1) is 12.2. The minimum absolute atomic E-state index is 0.184. The summed E-state index contributed by atoms with van der Waals surface area (Å²) in [4.78, 5) is 5.03. The highest BCUT2D eigenvalue weighted by atomic mass is 16.5. The van der Waals surface area contributed by atoms with Crippen molar-refractivity contribution in [3.8, 4) is 0 Å². The van der Waals surface area contributed by atoms with Crippen LogP contribution in [0.25, 0.3) is 0 Å². The number of aromatic nitrogens is 3. The highest BCUT2D eigenvalue weighted by molar-refractivity contribution is 5.08. The Labute approximate surface area is 148 Å². The second-order valence-corrected chi connectivity index (χ2v) is 7.23. The van der Waals surface area contributed by atoms with Gasteiger partial charge in [0.1, 0.15) is 11.9 Å². The fraction of sp³-hybridized carbons (Fsp3) is 0.667. The maximum Gasteiger partial charge on any atom is 0.133 e. The molecule has 7 nitrogen and oxygen atoms in total. The predicted octanol–water partition coefficient (Wildman–Crippen LogP) is 1.61. The van der Waals surface area contributed by atoms with Gasteiger partial charge in [0.15, 0.2) is 0 Å². The molecule has 0 aliphatic carbocycles. The summed E-state index contributed by atoms with van der Waals surface area (Å²) in [5.74, 6) is 1.44. The number of rotatable bonds is 5. The van der Waals surface area contributed by atoms with Crippen LogP contribution in [0.1, 0.15) is 29.7 Å². The summed E-state index contributed by atoms with van der Waals surface area (Å²) in [7, 11) is 2.00. The Kier molecular flexibility index (Phi) is 4.87. The summed E-state index contributed by atoms with van der Waals surface area (Å²) in [6.45, 7) is 9.15. The van der Waals surface area contributed by atoms with Crippen LogP contribution in [0.15, 0.2) is 22.9 Å². The van der Waals surface area contributed by atoms with Crippen LogP contribution in [0.5, 0.6) is 0 Å². The maximum atomic E-state index is 6.02. The van der Waals surface area contributed by atoms with Gasteiger partial charge in [0, 0.05) is 71.1 Å². The Balaban J connectivity index is 1.29. The Hall–Kier alpha value is -1.70. The Morgan fingerprint density at radius 3 is 2.68 bits per heavy atom. The van der Waals surface area contributed by atoms with E-state index in [0.29, 0.717) is 5.92 Å². The molecule has 2 aliphatic rings. The van der Waals surface area contributed by atoms with E-state index in [1.165, 1.54) is 5.69 Å². The lowest BCUT2D eigenvalue weighted by molar-refractivity contribution is 0.0585. The van der Waals surface area contributed by atoms with E-state index in [4.69, 9.17) is 9.26 Å². The summed E-state index contributed by atoms with van der Waals surface area (Å²) in [5.41, 5.74) is 2.23. The van der Waals surface area contributed by atoms with E-state index in [9.17, 15) is 0 Å². The lowest BCUT2D eigenvalue weighted by Gasteiger charge is -2.36. The third kappa shape index (κ3) is 3.78. The van der Waals surface area contributed by atoms with Crippen LogP contribution in [-0.4, -0.2) is 64.1 Å². The largest absolute Gasteiger partial charge is 0.372 e. The van der Waals surface area contributed by atoms with Gasteiger partial charge in [0.2, 0.25) is 0 Å². The smallest absolute Gasteiger partial charge is 0.133 e. The van der Waals surface area contributed by atoms with E-state index in [-0.39, 0.29) is 6.10 Å². The van der Waals surface area contributed by atoms with Crippen molar-refractivity contribution in [3.63, 3.8) is 0 Å². The molecule has 0 unspecified atom stereocenters. The first-order valence-electron chi connectivity index (χ1n) is 9.15. The number of aryl methyl sites for hydroxylation is 2. The van der Waals surface area contributed by atoms with Crippen molar-refractivity contribution in [3.05, 3.63) is 35.5 Å². The molecule has 2 aromatic rings. The van der Waals surface area contributed by atoms with Gasteiger partial charge in [-0.25, -0.2) is 0 Å². The molecular weight excluding hydrogens is 318 g/mol. The van der Waals surface area contributed by atoms with Gasteiger partial charge in [0.25, 0.3) is 0 Å². The molecule has 2 aromatic heterocycles. The summed E-state index contributed by atoms with van der Waals surface area (Å²) >= 11 is 0. The molecule has 0 saturated carbocycles. The van der Waals surface area contributed by atoms with E-state index in [2.05, 4.69) is 26.1 Å². The Bertz CT molecular complexity index is 689. The molecule has 4 rings (SSSR count). The quantitative estimate of drug-likeness (QED) is 0.821. The molecule has 0 bridgehead atoms. The van der Waals surface area contributed by atoms with E-state index in [1.54, 1.807) is 0 Å². The standard InChI is InChI=1S/C18H27N5O2/c1-14-11-16(20-25-14)13-23-8-6-22(7-9-23)12-15-4-10-24-18(15)17-3-5-19-21(17)2/h3,5,11,15,18H,4,6-10,12-13H2,1-2H3/t15-,18+/m0/s1. The minimum atomic E-state index is 0.184. The average Bonchev–Trinajstić information content (AvgIpc) is 3.31. The van der Waals surface area contributed by atoms with Crippen molar-refractivity contribution in [2.75, 3.05) is 39.3 Å². The number of ether oxygens (including phenoxy) is 1. The monoisotopic (exact) mass is 345 g/mol. The molecule has 0 spiro atoms. The van der Waals surface area contributed by atoms with Crippen LogP contribution in [-0.2, 0) is 18.3 Å². The summed E-state index contributed by atoms with van der Waals surface area (Å²) in [5, 5.41) is 8.40. The van der Waals surface area contributed by atoms with E-state index >= 15 is 0 Å². The van der Waals surface area contributed by atoms with Crippen molar-refractivity contribution in [1.29, 1.82) is 0 Å². The molecular formula is C18H27N5O2. The Morgan fingerprint density at radius 1 is 1.20 bits per heavy atom. The molecule has 4 heterocycles. The van der Waals surface area contributed by atoms with Gasteiger partial charge >= 0.3 is 0 Å². The summed E-state index contributed by atoms with van der Waals surface area (Å²) in [6.07, 6.45) is 3.18. The molecule has 2 saturated heterocycles. The minimum Gasteiger partial charge on any atom is -0.372 e. The van der Waals surface area contributed by atoms with Crippen molar-refractivity contribution in [1.82, 2.24) is 24.7 Å². The third-order valence-electron chi connectivity index (χ3n) is 5.38. The van der Waals surface area contributed by atoms with Crippen LogP contribution >= 0.6 is 0 Å². The second-order valence-electron chi connectivity index (χ2n) is 7.23. The molecule has 2 atom stereocenters. The molecule has 0 aromatic carbocycles. The fourth-order valence-corrected chi connectivity index (χ4v) is 3.99. The van der Waals surface area contributed by atoms with Gasteiger partial charge in [0.05, 0.1) is 11.4 Å². The maximum absolute atomic E-state index is 6.02. The van der Waals surface area contributed by atoms with Gasteiger partial charge in [-0.05, 0) is 19.4 Å². The number of hydrogen-bond donors (Lipinski definition) is 0. The van der Waals surface area contributed by atoms with Crippen molar-refractivity contribution in [2.45, 2.75) is 26.0 Å². The molecule has 2 fully saturated rings. The third-order valence-corrected chi connectivity index (χ3v) is 5.38. The van der Waals surface area contributed by atoms with E-state index < -0.39 is 0 Å². The SMILES string of the molecule is Cc1cc(CN2CCN(C[C@@H]3CCO[C@H]3c3ccnn3C)CC2)no1. The number of piperazine rings is 1. The van der Waals surface area contributed by atoms with Crippen LogP contribution < -0.4 is 0 Å². The highest BCUT2D eigenvalue weighted by Gasteiger charge is 2.33. The zero-order valence-corrected chi connectivity index (χ0v) is 15.1. The van der Waals surface area contributed by atoms with Gasteiger partial charge in [-0.2, -0.15) is 5.10 Å². The van der Waals surface area contributed by atoms with Gasteiger partial charge in [-0.1, -0.05) is 5.16 Å². The first-order valence-corrected chi connectivity index (χ1v) is 9.15. The van der Waals surface area contributed by atoms with E-state index in [0.717, 1.165) is 63.8 Å². The molecule has 0 N–H and O–H groups in total. The van der Waals surface area contributed by atoms with Crippen molar-refractivity contribution in [2.24, 2.45) is 13.0 Å². The zero-order valence-electron chi connectivity index (χ0n) is 15.1. The van der Waals surface area contributed by atoms with E-state index in [1.807, 2.05) is 30.9 Å². The van der Waals surface area contributed by atoms with Crippen molar-refractivity contribution < 1.29 is 9.26 Å². The number of nitrogens with zero attached hydrogens (tertiary/aromatic N) is 5. The fourth-order valence-electron chi connectivity index (χ4n) is 3.99. The van der Waals surface area contributed by atoms with Crippen LogP contribution in [0.3, 0.4) is 0 Å². The van der Waals surface area contributed by atoms with Crippen LogP contribution in [0.4, 0.5) is 0 Å². The second kappa shape index (κ2) is 7.27. The molecule has 7 heteroatoms. The molecule has 0 amide bonds. The average molecular weight is 345 g/mol.